The molecule has 1 aliphatic heterocycles. The lowest BCUT2D eigenvalue weighted by Gasteiger charge is -2.23. The summed E-state index contributed by atoms with van der Waals surface area (Å²) in [6.45, 7) is 2.40. The molecular formula is C21H24ClNO4S. The minimum absolute atomic E-state index is 0.127. The van der Waals surface area contributed by atoms with Crippen molar-refractivity contribution < 1.29 is 17.9 Å². The first kappa shape index (κ1) is 19.9. The maximum Gasteiger partial charge on any atom is 0.240 e. The lowest BCUT2D eigenvalue weighted by atomic mass is 10.1. The summed E-state index contributed by atoms with van der Waals surface area (Å²) in [5.74, 6) is 0. The quantitative estimate of drug-likeness (QED) is 0.573. The number of nitrogens with one attached hydrogen (secondary N) is 1. The Morgan fingerprint density at radius 2 is 1.79 bits per heavy atom. The Bertz CT molecular complexity index is 904. The average Bonchev–Trinajstić information content (AvgIpc) is 3.48. The molecule has 5 nitrogen and oxygen atoms in total. The van der Waals surface area contributed by atoms with Gasteiger partial charge in [-0.25, -0.2) is 13.1 Å². The van der Waals surface area contributed by atoms with Crippen molar-refractivity contribution in [3.63, 3.8) is 0 Å². The normalized spacial score (nSPS) is 29.7. The third-order valence-electron chi connectivity index (χ3n) is 5.29. The minimum Gasteiger partial charge on any atom is -0.373 e. The number of alkyl halides is 1. The van der Waals surface area contributed by atoms with Crippen LogP contribution in [-0.4, -0.2) is 38.1 Å². The molecule has 1 heterocycles. The summed E-state index contributed by atoms with van der Waals surface area (Å²) in [5.41, 5.74) is 2.09. The lowest BCUT2D eigenvalue weighted by molar-refractivity contribution is 0.0213. The topological polar surface area (TPSA) is 67.9 Å². The van der Waals surface area contributed by atoms with Crippen LogP contribution in [0, 0.1) is 6.92 Å². The van der Waals surface area contributed by atoms with Gasteiger partial charge in [0.25, 0.3) is 0 Å². The molecule has 1 saturated carbocycles. The zero-order valence-corrected chi connectivity index (χ0v) is 17.2. The maximum absolute atomic E-state index is 12.8. The fourth-order valence-corrected chi connectivity index (χ4v) is 5.33. The van der Waals surface area contributed by atoms with Gasteiger partial charge in [-0.3, -0.25) is 0 Å². The molecule has 4 rings (SSSR count). The zero-order chi connectivity index (χ0) is 19.7. The molecule has 150 valence electrons. The third-order valence-corrected chi connectivity index (χ3v) is 7.22. The van der Waals surface area contributed by atoms with Crippen LogP contribution in [0.25, 0.3) is 0 Å². The highest BCUT2D eigenvalue weighted by atomic mass is 35.5. The lowest BCUT2D eigenvalue weighted by Crippen LogP contribution is -2.41. The van der Waals surface area contributed by atoms with Crippen LogP contribution in [0.2, 0.25) is 0 Å². The summed E-state index contributed by atoms with van der Waals surface area (Å²) in [7, 11) is -3.64. The van der Waals surface area contributed by atoms with Gasteiger partial charge in [-0.05, 0) is 37.5 Å². The first-order valence-electron chi connectivity index (χ1n) is 9.46. The number of fused-ring (bicyclic) bond motifs is 1. The van der Waals surface area contributed by atoms with Gasteiger partial charge in [0.2, 0.25) is 10.0 Å². The number of hydrogen-bond acceptors (Lipinski definition) is 4. The van der Waals surface area contributed by atoms with Gasteiger partial charge in [0.15, 0.2) is 0 Å². The van der Waals surface area contributed by atoms with Crippen LogP contribution < -0.4 is 4.72 Å². The summed E-state index contributed by atoms with van der Waals surface area (Å²) in [5, 5.41) is -0.181. The Kier molecular flexibility index (Phi) is 5.76. The minimum atomic E-state index is -3.64. The second-order valence-corrected chi connectivity index (χ2v) is 9.79. The monoisotopic (exact) mass is 421 g/mol. The number of sulfonamides is 1. The van der Waals surface area contributed by atoms with Crippen LogP contribution in [0.3, 0.4) is 0 Å². The summed E-state index contributed by atoms with van der Waals surface area (Å²) in [6.07, 6.45) is 0.705. The van der Waals surface area contributed by atoms with E-state index in [0.29, 0.717) is 19.4 Å². The Morgan fingerprint density at radius 3 is 2.50 bits per heavy atom. The van der Waals surface area contributed by atoms with Gasteiger partial charge in [0.05, 0.1) is 29.0 Å². The van der Waals surface area contributed by atoms with Gasteiger partial charge >= 0.3 is 0 Å². The number of halogens is 1. The molecule has 2 aromatic rings. The average molecular weight is 422 g/mol. The Hall–Kier alpha value is -1.44. The van der Waals surface area contributed by atoms with Crippen LogP contribution in [0.5, 0.6) is 0 Å². The van der Waals surface area contributed by atoms with Gasteiger partial charge in [0, 0.05) is 0 Å². The van der Waals surface area contributed by atoms with E-state index in [9.17, 15) is 8.42 Å². The molecule has 0 amide bonds. The van der Waals surface area contributed by atoms with Crippen molar-refractivity contribution in [1.29, 1.82) is 0 Å². The van der Waals surface area contributed by atoms with Crippen molar-refractivity contribution in [3.8, 4) is 0 Å². The van der Waals surface area contributed by atoms with Gasteiger partial charge in [0.1, 0.15) is 12.2 Å². The summed E-state index contributed by atoms with van der Waals surface area (Å²) < 4.78 is 40.2. The van der Waals surface area contributed by atoms with E-state index in [1.165, 1.54) is 0 Å². The third kappa shape index (κ3) is 4.58. The molecule has 0 spiro atoms. The SMILES string of the molecule is Cc1ccc(S(=O)(=O)N[C@H]2C[C@H](OCc3ccccc3)C[C@H](Cl)[C@H]3O[C@H]32)cc1. The largest absolute Gasteiger partial charge is 0.373 e. The van der Waals surface area contributed by atoms with Crippen LogP contribution >= 0.6 is 11.6 Å². The number of aryl methyl sites for hydroxylation is 1. The highest BCUT2D eigenvalue weighted by Crippen LogP contribution is 2.40. The molecule has 5 atom stereocenters. The summed E-state index contributed by atoms with van der Waals surface area (Å²) in [6, 6.07) is 16.4. The Balaban J connectivity index is 1.45. The second-order valence-electron chi connectivity index (χ2n) is 7.51. The van der Waals surface area contributed by atoms with Gasteiger partial charge < -0.3 is 9.47 Å². The molecule has 2 aliphatic rings. The van der Waals surface area contributed by atoms with Crippen LogP contribution in [0.1, 0.15) is 24.0 Å². The van der Waals surface area contributed by atoms with E-state index in [0.717, 1.165) is 11.1 Å². The highest BCUT2D eigenvalue weighted by molar-refractivity contribution is 7.89. The molecule has 0 unspecified atom stereocenters. The van der Waals surface area contributed by atoms with Crippen molar-refractivity contribution in [2.45, 2.75) is 61.0 Å². The zero-order valence-electron chi connectivity index (χ0n) is 15.6. The van der Waals surface area contributed by atoms with E-state index in [1.807, 2.05) is 37.3 Å². The van der Waals surface area contributed by atoms with Crippen molar-refractivity contribution in [1.82, 2.24) is 4.72 Å². The first-order chi connectivity index (χ1) is 13.4. The number of ether oxygens (including phenoxy) is 2. The fourth-order valence-electron chi connectivity index (χ4n) is 3.67. The smallest absolute Gasteiger partial charge is 0.240 e. The number of epoxide rings is 1. The van der Waals surface area contributed by atoms with E-state index in [1.54, 1.807) is 24.3 Å². The van der Waals surface area contributed by atoms with E-state index in [2.05, 4.69) is 4.72 Å². The van der Waals surface area contributed by atoms with E-state index in [-0.39, 0.29) is 34.6 Å². The maximum atomic E-state index is 12.8. The molecule has 2 fully saturated rings. The predicted octanol–water partition coefficient (Wildman–Crippen LogP) is 3.40. The van der Waals surface area contributed by atoms with E-state index >= 15 is 0 Å². The molecule has 28 heavy (non-hydrogen) atoms. The summed E-state index contributed by atoms with van der Waals surface area (Å²) >= 11 is 6.48. The van der Waals surface area contributed by atoms with Gasteiger partial charge in [-0.15, -0.1) is 11.6 Å². The first-order valence-corrected chi connectivity index (χ1v) is 11.4. The molecule has 1 saturated heterocycles. The number of rotatable bonds is 6. The molecule has 2 aromatic carbocycles. The van der Waals surface area contributed by atoms with E-state index < -0.39 is 10.0 Å². The van der Waals surface area contributed by atoms with Crippen molar-refractivity contribution in [3.05, 3.63) is 65.7 Å². The van der Waals surface area contributed by atoms with Gasteiger partial charge in [-0.2, -0.15) is 0 Å². The molecule has 1 N–H and O–H groups in total. The molecule has 0 radical (unpaired) electrons. The molecule has 7 heteroatoms. The van der Waals surface area contributed by atoms with E-state index in [4.69, 9.17) is 21.1 Å². The van der Waals surface area contributed by atoms with Gasteiger partial charge in [-0.1, -0.05) is 48.0 Å². The Morgan fingerprint density at radius 1 is 1.07 bits per heavy atom. The summed E-state index contributed by atoms with van der Waals surface area (Å²) in [4.78, 5) is 0.253. The number of hydrogen-bond donors (Lipinski definition) is 1. The molecule has 0 aromatic heterocycles. The fraction of sp³-hybridized carbons (Fsp3) is 0.429. The second kappa shape index (κ2) is 8.13. The van der Waals surface area contributed by atoms with Crippen LogP contribution in [0.4, 0.5) is 0 Å². The van der Waals surface area contributed by atoms with Crippen molar-refractivity contribution in [2.24, 2.45) is 0 Å². The highest BCUT2D eigenvalue weighted by Gasteiger charge is 2.53. The van der Waals surface area contributed by atoms with Crippen molar-refractivity contribution in [2.75, 3.05) is 0 Å². The van der Waals surface area contributed by atoms with Crippen LogP contribution in [-0.2, 0) is 26.1 Å². The number of benzene rings is 2. The predicted molar refractivity (Wildman–Crippen MR) is 108 cm³/mol. The van der Waals surface area contributed by atoms with Crippen molar-refractivity contribution >= 4 is 21.6 Å². The molecule has 1 aliphatic carbocycles. The Labute approximate surface area is 171 Å². The molecule has 0 bridgehead atoms. The molecular weight excluding hydrogens is 398 g/mol. The van der Waals surface area contributed by atoms with Crippen LogP contribution in [0.15, 0.2) is 59.5 Å². The standard InChI is InChI=1S/C21H24ClNO4S/c1-14-7-9-17(10-8-14)28(24,25)23-19-12-16(11-18(22)20-21(19)27-20)26-13-15-5-3-2-4-6-15/h2-10,16,18-21,23H,11-13H2,1H3/t16-,18+,19+,20-,21+/m1/s1.